The summed E-state index contributed by atoms with van der Waals surface area (Å²) >= 11 is 1.08. The molecule has 1 unspecified atom stereocenters. The highest BCUT2D eigenvalue weighted by Gasteiger charge is 2.34. The van der Waals surface area contributed by atoms with Crippen molar-refractivity contribution in [2.45, 2.75) is 29.3 Å². The van der Waals surface area contributed by atoms with Crippen molar-refractivity contribution in [1.82, 2.24) is 5.32 Å². The molecule has 158 valence electrons. The molecule has 0 saturated carbocycles. The summed E-state index contributed by atoms with van der Waals surface area (Å²) in [5.74, 6) is 0.429. The van der Waals surface area contributed by atoms with Gasteiger partial charge in [0, 0.05) is 17.9 Å². The van der Waals surface area contributed by atoms with Crippen molar-refractivity contribution in [3.63, 3.8) is 0 Å². The van der Waals surface area contributed by atoms with Crippen LogP contribution in [-0.4, -0.2) is 30.3 Å². The van der Waals surface area contributed by atoms with E-state index in [4.69, 9.17) is 9.47 Å². The number of hydrogen-bond donors (Lipinski definition) is 2. The highest BCUT2D eigenvalue weighted by atomic mass is 32.2. The Morgan fingerprint density at radius 1 is 1.13 bits per heavy atom. The van der Waals surface area contributed by atoms with Gasteiger partial charge in [0.1, 0.15) is 13.2 Å². The second-order valence-corrected chi connectivity index (χ2v) is 8.01. The van der Waals surface area contributed by atoms with Gasteiger partial charge in [-0.25, -0.2) is 0 Å². The first kappa shape index (κ1) is 20.4. The summed E-state index contributed by atoms with van der Waals surface area (Å²) in [4.78, 5) is 25.1. The topological polar surface area (TPSA) is 76.7 Å². The lowest BCUT2D eigenvalue weighted by Crippen LogP contribution is -2.34. The SMILES string of the molecule is O=C(CC1Sc2ccc(C(F)(F)F)cc2NC1=O)NCc1ccc2c(c1)OCCO2. The maximum absolute atomic E-state index is 12.8. The number of carbonyl (C=O) groups is 2. The van der Waals surface area contributed by atoms with Crippen LogP contribution in [0.3, 0.4) is 0 Å². The van der Waals surface area contributed by atoms with Crippen LogP contribution in [0.2, 0.25) is 0 Å². The van der Waals surface area contributed by atoms with Crippen molar-refractivity contribution >= 4 is 29.3 Å². The zero-order valence-corrected chi connectivity index (χ0v) is 16.4. The van der Waals surface area contributed by atoms with Gasteiger partial charge in [-0.2, -0.15) is 13.2 Å². The Labute approximate surface area is 174 Å². The minimum atomic E-state index is -4.49. The first-order chi connectivity index (χ1) is 14.3. The van der Waals surface area contributed by atoms with Gasteiger partial charge in [-0.15, -0.1) is 11.8 Å². The predicted molar refractivity (Wildman–Crippen MR) is 104 cm³/mol. The molecule has 0 aromatic heterocycles. The molecule has 2 heterocycles. The third kappa shape index (κ3) is 4.48. The van der Waals surface area contributed by atoms with Gasteiger partial charge < -0.3 is 20.1 Å². The third-order valence-corrected chi connectivity index (χ3v) is 5.87. The first-order valence-electron chi connectivity index (χ1n) is 9.13. The normalized spacial score (nSPS) is 17.7. The maximum atomic E-state index is 12.8. The number of alkyl halides is 3. The van der Waals surface area contributed by atoms with Crippen molar-refractivity contribution in [1.29, 1.82) is 0 Å². The van der Waals surface area contributed by atoms with E-state index in [1.165, 1.54) is 6.07 Å². The van der Waals surface area contributed by atoms with Crippen molar-refractivity contribution in [3.05, 3.63) is 47.5 Å². The van der Waals surface area contributed by atoms with Crippen LogP contribution in [0, 0.1) is 0 Å². The number of benzene rings is 2. The third-order valence-electron chi connectivity index (χ3n) is 4.59. The number of anilines is 1. The molecule has 0 spiro atoms. The van der Waals surface area contributed by atoms with Gasteiger partial charge in [-0.3, -0.25) is 9.59 Å². The van der Waals surface area contributed by atoms with Crippen LogP contribution in [0.5, 0.6) is 11.5 Å². The van der Waals surface area contributed by atoms with E-state index >= 15 is 0 Å². The molecule has 30 heavy (non-hydrogen) atoms. The largest absolute Gasteiger partial charge is 0.486 e. The van der Waals surface area contributed by atoms with Crippen molar-refractivity contribution in [3.8, 4) is 11.5 Å². The quantitative estimate of drug-likeness (QED) is 0.763. The fourth-order valence-corrected chi connectivity index (χ4v) is 4.19. The molecular formula is C20H17F3N2O4S. The van der Waals surface area contributed by atoms with Gasteiger partial charge in [0.15, 0.2) is 11.5 Å². The zero-order valence-electron chi connectivity index (χ0n) is 15.5. The number of hydrogen-bond acceptors (Lipinski definition) is 5. The molecule has 0 radical (unpaired) electrons. The average molecular weight is 438 g/mol. The standard InChI is InChI=1S/C20H17F3N2O4S/c21-20(22,23)12-2-4-16-13(8-12)25-19(27)17(30-16)9-18(26)24-10-11-1-3-14-15(7-11)29-6-5-28-14/h1-4,7-8,17H,5-6,9-10H2,(H,24,26)(H,25,27). The lowest BCUT2D eigenvalue weighted by atomic mass is 10.1. The predicted octanol–water partition coefficient (Wildman–Crippen LogP) is 3.60. The number of ether oxygens (including phenoxy) is 2. The molecule has 6 nitrogen and oxygen atoms in total. The maximum Gasteiger partial charge on any atom is 0.416 e. The van der Waals surface area contributed by atoms with E-state index in [0.717, 1.165) is 29.5 Å². The van der Waals surface area contributed by atoms with E-state index in [2.05, 4.69) is 10.6 Å². The zero-order chi connectivity index (χ0) is 21.3. The Kier molecular flexibility index (Phi) is 5.50. The number of carbonyl (C=O) groups excluding carboxylic acids is 2. The summed E-state index contributed by atoms with van der Waals surface area (Å²) in [6.45, 7) is 1.20. The lowest BCUT2D eigenvalue weighted by molar-refractivity contribution is -0.137. The number of halogens is 3. The molecule has 10 heteroatoms. The summed E-state index contributed by atoms with van der Waals surface area (Å²) in [7, 11) is 0. The smallest absolute Gasteiger partial charge is 0.416 e. The summed E-state index contributed by atoms with van der Waals surface area (Å²) in [6.07, 6.45) is -4.59. The molecule has 1 atom stereocenters. The van der Waals surface area contributed by atoms with Crippen LogP contribution < -0.4 is 20.1 Å². The number of nitrogens with one attached hydrogen (secondary N) is 2. The van der Waals surface area contributed by atoms with Crippen molar-refractivity contribution in [2.24, 2.45) is 0 Å². The summed E-state index contributed by atoms with van der Waals surface area (Å²) in [6, 6.07) is 8.53. The van der Waals surface area contributed by atoms with Crippen LogP contribution >= 0.6 is 11.8 Å². The monoisotopic (exact) mass is 438 g/mol. The first-order valence-corrected chi connectivity index (χ1v) is 10.0. The molecule has 2 aliphatic rings. The molecule has 2 amide bonds. The number of rotatable bonds is 4. The van der Waals surface area contributed by atoms with Gasteiger partial charge in [0.2, 0.25) is 11.8 Å². The van der Waals surface area contributed by atoms with E-state index in [-0.39, 0.29) is 24.6 Å². The lowest BCUT2D eigenvalue weighted by Gasteiger charge is -2.24. The van der Waals surface area contributed by atoms with Gasteiger partial charge in [-0.1, -0.05) is 6.07 Å². The average Bonchev–Trinajstić information content (AvgIpc) is 2.71. The number of fused-ring (bicyclic) bond motifs is 2. The van der Waals surface area contributed by atoms with Gasteiger partial charge in [-0.05, 0) is 35.9 Å². The molecule has 2 N–H and O–H groups in total. The number of thioether (sulfide) groups is 1. The van der Waals surface area contributed by atoms with E-state index in [9.17, 15) is 22.8 Å². The second-order valence-electron chi connectivity index (χ2n) is 6.76. The fraction of sp³-hybridized carbons (Fsp3) is 0.300. The Hall–Kier alpha value is -2.88. The Morgan fingerprint density at radius 3 is 2.67 bits per heavy atom. The Bertz CT molecular complexity index is 997. The van der Waals surface area contributed by atoms with Gasteiger partial charge >= 0.3 is 6.18 Å². The second kappa shape index (κ2) is 8.10. The van der Waals surface area contributed by atoms with E-state index in [0.29, 0.717) is 29.6 Å². The molecule has 2 aromatic rings. The van der Waals surface area contributed by atoms with E-state index in [1.54, 1.807) is 12.1 Å². The highest BCUT2D eigenvalue weighted by Crippen LogP contribution is 2.40. The van der Waals surface area contributed by atoms with Crippen LogP contribution in [0.25, 0.3) is 0 Å². The summed E-state index contributed by atoms with van der Waals surface area (Å²) < 4.78 is 49.5. The molecule has 2 aliphatic heterocycles. The molecular weight excluding hydrogens is 421 g/mol. The Balaban J connectivity index is 1.35. The van der Waals surface area contributed by atoms with Crippen molar-refractivity contribution in [2.75, 3.05) is 18.5 Å². The van der Waals surface area contributed by atoms with Crippen molar-refractivity contribution < 1.29 is 32.2 Å². The molecule has 0 bridgehead atoms. The summed E-state index contributed by atoms with van der Waals surface area (Å²) in [5.41, 5.74) is 0.0870. The van der Waals surface area contributed by atoms with Crippen LogP contribution in [0.4, 0.5) is 18.9 Å². The van der Waals surface area contributed by atoms with E-state index in [1.807, 2.05) is 6.07 Å². The Morgan fingerprint density at radius 2 is 1.90 bits per heavy atom. The molecule has 0 aliphatic carbocycles. The molecule has 4 rings (SSSR count). The molecule has 0 saturated heterocycles. The fourth-order valence-electron chi connectivity index (χ4n) is 3.10. The minimum absolute atomic E-state index is 0.0957. The minimum Gasteiger partial charge on any atom is -0.486 e. The summed E-state index contributed by atoms with van der Waals surface area (Å²) in [5, 5.41) is 4.49. The van der Waals surface area contributed by atoms with Crippen LogP contribution in [0.1, 0.15) is 17.5 Å². The molecule has 0 fully saturated rings. The van der Waals surface area contributed by atoms with Gasteiger partial charge in [0.05, 0.1) is 16.5 Å². The molecule has 2 aromatic carbocycles. The van der Waals surface area contributed by atoms with Crippen LogP contribution in [-0.2, 0) is 22.3 Å². The highest BCUT2D eigenvalue weighted by molar-refractivity contribution is 8.01. The van der Waals surface area contributed by atoms with E-state index < -0.39 is 22.9 Å². The van der Waals surface area contributed by atoms with Gasteiger partial charge in [0.25, 0.3) is 0 Å². The van der Waals surface area contributed by atoms with Crippen LogP contribution in [0.15, 0.2) is 41.3 Å². The number of amides is 2.